The van der Waals surface area contributed by atoms with Crippen LogP contribution in [0.5, 0.6) is 0 Å². The number of carbonyl (C=O) groups is 1. The molecule has 0 aliphatic rings. The van der Waals surface area contributed by atoms with Crippen molar-refractivity contribution in [2.75, 3.05) is 5.32 Å². The van der Waals surface area contributed by atoms with Gasteiger partial charge in [0.25, 0.3) is 0 Å². The molecule has 1 heterocycles. The van der Waals surface area contributed by atoms with Gasteiger partial charge in [-0.05, 0) is 42.3 Å². The molecule has 2 unspecified atom stereocenters. The second kappa shape index (κ2) is 10.3. The molecule has 1 amide bonds. The number of sulfonamides is 1. The molecule has 2 aromatic carbocycles. The summed E-state index contributed by atoms with van der Waals surface area (Å²) in [5, 5.41) is 11.8. The van der Waals surface area contributed by atoms with Gasteiger partial charge >= 0.3 is 0 Å². The van der Waals surface area contributed by atoms with Crippen LogP contribution in [0.15, 0.2) is 62.4 Å². The van der Waals surface area contributed by atoms with Gasteiger partial charge in [-0.25, -0.2) is 8.42 Å². The molecule has 7 nitrogen and oxygen atoms in total. The summed E-state index contributed by atoms with van der Waals surface area (Å²) in [6.07, 6.45) is 0.612. The first-order chi connectivity index (χ1) is 14.7. The van der Waals surface area contributed by atoms with Crippen molar-refractivity contribution in [1.29, 1.82) is 0 Å². The molecule has 0 spiro atoms. The molecule has 2 atom stereocenters. The summed E-state index contributed by atoms with van der Waals surface area (Å²) >= 11 is 7.90. The van der Waals surface area contributed by atoms with Crippen molar-refractivity contribution in [3.8, 4) is 10.6 Å². The second-order valence-corrected chi connectivity index (χ2v) is 11.4. The van der Waals surface area contributed by atoms with Crippen molar-refractivity contribution in [1.82, 2.24) is 14.9 Å². The number of benzene rings is 2. The van der Waals surface area contributed by atoms with Gasteiger partial charge in [0, 0.05) is 14.5 Å². The number of amides is 1. The van der Waals surface area contributed by atoms with Gasteiger partial charge < -0.3 is 0 Å². The minimum Gasteiger partial charge on any atom is -0.299 e. The summed E-state index contributed by atoms with van der Waals surface area (Å²) in [5.74, 6) is -0.711. The lowest BCUT2D eigenvalue weighted by Gasteiger charge is -2.22. The maximum absolute atomic E-state index is 13.0. The van der Waals surface area contributed by atoms with Crippen LogP contribution < -0.4 is 10.0 Å². The number of carbonyl (C=O) groups excluding carboxylic acids is 1. The van der Waals surface area contributed by atoms with Crippen LogP contribution in [-0.4, -0.2) is 30.6 Å². The van der Waals surface area contributed by atoms with Crippen LogP contribution in [0.2, 0.25) is 0 Å². The Morgan fingerprint density at radius 1 is 1.03 bits per heavy atom. The van der Waals surface area contributed by atoms with Gasteiger partial charge in [-0.3, -0.25) is 10.1 Å². The number of halogens is 2. The van der Waals surface area contributed by atoms with E-state index in [1.54, 1.807) is 12.1 Å². The van der Waals surface area contributed by atoms with Crippen molar-refractivity contribution in [2.45, 2.75) is 31.2 Å². The summed E-state index contributed by atoms with van der Waals surface area (Å²) in [7, 11) is -3.88. The lowest BCUT2D eigenvalue weighted by Crippen LogP contribution is -2.47. The lowest BCUT2D eigenvalue weighted by atomic mass is 9.99. The summed E-state index contributed by atoms with van der Waals surface area (Å²) in [6, 6.07) is 12.8. The van der Waals surface area contributed by atoms with Gasteiger partial charge in [-0.1, -0.05) is 75.6 Å². The molecule has 2 N–H and O–H groups in total. The molecule has 0 aliphatic heterocycles. The van der Waals surface area contributed by atoms with Crippen molar-refractivity contribution < 1.29 is 13.2 Å². The molecule has 0 saturated heterocycles. The molecular weight excluding hydrogens is 568 g/mol. The average Bonchev–Trinajstić information content (AvgIpc) is 3.20. The molecule has 164 valence electrons. The van der Waals surface area contributed by atoms with Crippen LogP contribution in [0, 0.1) is 5.92 Å². The first-order valence-electron chi connectivity index (χ1n) is 9.38. The van der Waals surface area contributed by atoms with Crippen molar-refractivity contribution in [2.24, 2.45) is 5.92 Å². The predicted molar refractivity (Wildman–Crippen MR) is 129 cm³/mol. The highest BCUT2D eigenvalue weighted by Crippen LogP contribution is 2.28. The van der Waals surface area contributed by atoms with E-state index in [-0.39, 0.29) is 10.8 Å². The Morgan fingerprint density at radius 2 is 1.61 bits per heavy atom. The smallest absolute Gasteiger partial charge is 0.244 e. The Hall–Kier alpha value is -1.66. The number of hydrogen-bond donors (Lipinski definition) is 2. The molecule has 3 rings (SSSR count). The van der Waals surface area contributed by atoms with Crippen LogP contribution in [0.4, 0.5) is 5.13 Å². The Bertz CT molecular complexity index is 1150. The van der Waals surface area contributed by atoms with Gasteiger partial charge in [0.2, 0.25) is 21.1 Å². The Kier molecular flexibility index (Phi) is 7.98. The number of rotatable bonds is 8. The third-order valence-corrected chi connectivity index (χ3v) is 8.05. The zero-order valence-corrected chi connectivity index (χ0v) is 21.5. The third kappa shape index (κ3) is 6.19. The average molecular weight is 588 g/mol. The van der Waals surface area contributed by atoms with E-state index >= 15 is 0 Å². The standard InChI is InChI=1S/C20H20Br2N4O3S2/c1-3-12(2)17(26-31(28,29)16-10-8-15(22)9-11-16)18(27)23-20-25-24-19(30-20)13-4-6-14(21)7-5-13/h4-12,17,26H,3H2,1-2H3,(H,23,25,27). The lowest BCUT2D eigenvalue weighted by molar-refractivity contribution is -0.118. The highest BCUT2D eigenvalue weighted by atomic mass is 79.9. The molecule has 11 heteroatoms. The first-order valence-corrected chi connectivity index (χ1v) is 13.3. The van der Waals surface area contributed by atoms with Crippen molar-refractivity contribution >= 4 is 64.3 Å². The molecular formula is C20H20Br2N4O3S2. The highest BCUT2D eigenvalue weighted by molar-refractivity contribution is 9.10. The van der Waals surface area contributed by atoms with Crippen LogP contribution in [0.25, 0.3) is 10.6 Å². The van der Waals surface area contributed by atoms with Crippen molar-refractivity contribution in [3.05, 3.63) is 57.5 Å². The van der Waals surface area contributed by atoms with E-state index in [1.165, 1.54) is 23.5 Å². The van der Waals surface area contributed by atoms with E-state index in [0.29, 0.717) is 16.6 Å². The number of hydrogen-bond acceptors (Lipinski definition) is 6. The Labute approximate surface area is 202 Å². The van der Waals surface area contributed by atoms with E-state index in [0.717, 1.165) is 14.5 Å². The minimum absolute atomic E-state index is 0.0882. The second-order valence-electron chi connectivity index (χ2n) is 6.85. The zero-order chi connectivity index (χ0) is 22.6. The van der Waals surface area contributed by atoms with Crippen LogP contribution in [0.3, 0.4) is 0 Å². The highest BCUT2D eigenvalue weighted by Gasteiger charge is 2.30. The van der Waals surface area contributed by atoms with E-state index in [4.69, 9.17) is 0 Å². The minimum atomic E-state index is -3.88. The van der Waals surface area contributed by atoms with E-state index in [9.17, 15) is 13.2 Å². The fourth-order valence-corrected chi connectivity index (χ4v) is 5.26. The van der Waals surface area contributed by atoms with Crippen molar-refractivity contribution in [3.63, 3.8) is 0 Å². The normalized spacial score (nSPS) is 13.5. The fourth-order valence-electron chi connectivity index (χ4n) is 2.68. The van der Waals surface area contributed by atoms with E-state index in [2.05, 4.69) is 52.1 Å². The zero-order valence-electron chi connectivity index (χ0n) is 16.7. The topological polar surface area (TPSA) is 101 Å². The van der Waals surface area contributed by atoms with Gasteiger partial charge in [0.05, 0.1) is 4.90 Å². The predicted octanol–water partition coefficient (Wildman–Crippen LogP) is 5.06. The number of anilines is 1. The summed E-state index contributed by atoms with van der Waals surface area (Å²) in [4.78, 5) is 13.0. The number of aromatic nitrogens is 2. The quantitative estimate of drug-likeness (QED) is 0.383. The number of nitrogens with one attached hydrogen (secondary N) is 2. The van der Waals surface area contributed by atoms with Gasteiger partial charge in [-0.2, -0.15) is 4.72 Å². The molecule has 1 aromatic heterocycles. The third-order valence-electron chi connectivity index (χ3n) is 4.65. The largest absolute Gasteiger partial charge is 0.299 e. The SMILES string of the molecule is CCC(C)C(NS(=O)(=O)c1ccc(Br)cc1)C(=O)Nc1nnc(-c2ccc(Br)cc2)s1. The monoisotopic (exact) mass is 586 g/mol. The number of nitrogens with zero attached hydrogens (tertiary/aromatic N) is 2. The summed E-state index contributed by atoms with van der Waals surface area (Å²) in [5.41, 5.74) is 0.871. The van der Waals surface area contributed by atoms with Gasteiger partial charge in [0.15, 0.2) is 0 Å². The molecule has 0 fully saturated rings. The first kappa shape index (κ1) is 24.0. The maximum Gasteiger partial charge on any atom is 0.244 e. The van der Waals surface area contributed by atoms with E-state index < -0.39 is 22.0 Å². The Balaban J connectivity index is 1.77. The Morgan fingerprint density at radius 3 is 2.19 bits per heavy atom. The molecule has 0 radical (unpaired) electrons. The fraction of sp³-hybridized carbons (Fsp3) is 0.250. The molecule has 0 aliphatic carbocycles. The molecule has 31 heavy (non-hydrogen) atoms. The molecule has 0 saturated carbocycles. The molecule has 0 bridgehead atoms. The van der Waals surface area contributed by atoms with Crippen LogP contribution >= 0.6 is 43.2 Å². The van der Waals surface area contributed by atoms with Crippen LogP contribution in [0.1, 0.15) is 20.3 Å². The van der Waals surface area contributed by atoms with Gasteiger partial charge in [-0.15, -0.1) is 10.2 Å². The summed E-state index contributed by atoms with van der Waals surface area (Å²) in [6.45, 7) is 3.72. The van der Waals surface area contributed by atoms with E-state index in [1.807, 2.05) is 38.1 Å². The van der Waals surface area contributed by atoms with Crippen LogP contribution in [-0.2, 0) is 14.8 Å². The molecule has 3 aromatic rings. The maximum atomic E-state index is 13.0. The van der Waals surface area contributed by atoms with Gasteiger partial charge in [0.1, 0.15) is 11.0 Å². The summed E-state index contributed by atoms with van der Waals surface area (Å²) < 4.78 is 29.9.